The summed E-state index contributed by atoms with van der Waals surface area (Å²) in [5.41, 5.74) is 8.94. The highest BCUT2D eigenvalue weighted by Crippen LogP contribution is 2.42. The fourth-order valence-electron chi connectivity index (χ4n) is 6.35. The highest BCUT2D eigenvalue weighted by Gasteiger charge is 2.21. The molecule has 0 saturated heterocycles. The lowest BCUT2D eigenvalue weighted by atomic mass is 10.0. The van der Waals surface area contributed by atoms with Crippen LogP contribution in [-0.2, 0) is 0 Å². The van der Waals surface area contributed by atoms with E-state index in [1.54, 1.807) is 0 Å². The molecule has 0 N–H and O–H groups in total. The molecule has 3 heterocycles. The average Bonchev–Trinajstić information content (AvgIpc) is 3.61. The lowest BCUT2D eigenvalue weighted by Gasteiger charge is -2.11. The first-order chi connectivity index (χ1) is 20.8. The van der Waals surface area contributed by atoms with E-state index >= 15 is 0 Å². The molecule has 0 unspecified atom stereocenters. The van der Waals surface area contributed by atoms with Crippen LogP contribution in [0, 0.1) is 0 Å². The average molecular weight is 538 g/mol. The largest absolute Gasteiger partial charge is 0.455 e. The normalized spacial score (nSPS) is 11.8. The monoisotopic (exact) mass is 537 g/mol. The van der Waals surface area contributed by atoms with Gasteiger partial charge >= 0.3 is 0 Å². The highest BCUT2D eigenvalue weighted by atomic mass is 16.3. The molecule has 3 aromatic heterocycles. The van der Waals surface area contributed by atoms with Crippen molar-refractivity contribution in [2.75, 3.05) is 0 Å². The number of hydrogen-bond acceptors (Lipinski definition) is 3. The summed E-state index contributed by atoms with van der Waals surface area (Å²) in [6.45, 7) is 0. The standard InChI is InChI=1S/C38H23N3O/c1-3-12-24(13-4-1)26-18-11-19-27-28-22-23-33-34(37(28)42-36(26)27)30-17-8-10-21-32(30)41(33)38-39-31-20-9-7-16-29(31)35(40-38)25-14-5-2-6-15-25/h1-23H. The number of fused-ring (bicyclic) bond motifs is 8. The summed E-state index contributed by atoms with van der Waals surface area (Å²) >= 11 is 0. The van der Waals surface area contributed by atoms with Crippen molar-refractivity contribution in [2.45, 2.75) is 0 Å². The number of hydrogen-bond donors (Lipinski definition) is 0. The minimum atomic E-state index is 0.638. The fraction of sp³-hybridized carbons (Fsp3) is 0. The third kappa shape index (κ3) is 3.29. The van der Waals surface area contributed by atoms with Gasteiger partial charge in [0.25, 0.3) is 0 Å². The number of furan rings is 1. The van der Waals surface area contributed by atoms with Crippen LogP contribution in [0.1, 0.15) is 0 Å². The third-order valence-electron chi connectivity index (χ3n) is 8.22. The molecule has 0 amide bonds. The number of rotatable bonds is 3. The molecule has 0 aliphatic rings. The van der Waals surface area contributed by atoms with E-state index < -0.39 is 0 Å². The zero-order valence-corrected chi connectivity index (χ0v) is 22.5. The second kappa shape index (κ2) is 8.88. The Bertz CT molecular complexity index is 2460. The number of para-hydroxylation sites is 3. The first-order valence-corrected chi connectivity index (χ1v) is 14.1. The second-order valence-corrected chi connectivity index (χ2v) is 10.6. The first kappa shape index (κ1) is 23.0. The highest BCUT2D eigenvalue weighted by molar-refractivity contribution is 6.24. The molecular weight excluding hydrogens is 514 g/mol. The molecule has 4 nitrogen and oxygen atoms in total. The maximum absolute atomic E-state index is 6.82. The van der Waals surface area contributed by atoms with Gasteiger partial charge in [-0.15, -0.1) is 0 Å². The van der Waals surface area contributed by atoms with E-state index in [-0.39, 0.29) is 0 Å². The summed E-state index contributed by atoms with van der Waals surface area (Å²) < 4.78 is 8.99. The van der Waals surface area contributed by atoms with E-state index in [9.17, 15) is 0 Å². The Morgan fingerprint density at radius 1 is 0.452 bits per heavy atom. The zero-order chi connectivity index (χ0) is 27.6. The van der Waals surface area contributed by atoms with Crippen molar-refractivity contribution in [3.8, 4) is 28.3 Å². The van der Waals surface area contributed by atoms with Crippen LogP contribution >= 0.6 is 0 Å². The van der Waals surface area contributed by atoms with Crippen molar-refractivity contribution in [1.29, 1.82) is 0 Å². The van der Waals surface area contributed by atoms with Crippen molar-refractivity contribution in [3.63, 3.8) is 0 Å². The van der Waals surface area contributed by atoms with Gasteiger partial charge in [-0.1, -0.05) is 115 Å². The van der Waals surface area contributed by atoms with Gasteiger partial charge in [0.15, 0.2) is 0 Å². The Kier molecular flexibility index (Phi) is 4.87. The molecule has 9 rings (SSSR count). The zero-order valence-electron chi connectivity index (χ0n) is 22.5. The van der Waals surface area contributed by atoms with Crippen molar-refractivity contribution in [1.82, 2.24) is 14.5 Å². The minimum Gasteiger partial charge on any atom is -0.455 e. The van der Waals surface area contributed by atoms with Gasteiger partial charge < -0.3 is 4.42 Å². The molecule has 0 spiro atoms. The van der Waals surface area contributed by atoms with Crippen LogP contribution in [0.15, 0.2) is 144 Å². The Balaban J connectivity index is 1.39. The summed E-state index contributed by atoms with van der Waals surface area (Å²) in [7, 11) is 0. The van der Waals surface area contributed by atoms with E-state index in [1.165, 1.54) is 0 Å². The third-order valence-corrected chi connectivity index (χ3v) is 8.22. The summed E-state index contributed by atoms with van der Waals surface area (Å²) in [5.74, 6) is 0.638. The quantitative estimate of drug-likeness (QED) is 0.225. The smallest absolute Gasteiger partial charge is 0.235 e. The molecule has 0 aliphatic heterocycles. The van der Waals surface area contributed by atoms with Crippen LogP contribution in [0.4, 0.5) is 0 Å². The topological polar surface area (TPSA) is 43.9 Å². The van der Waals surface area contributed by atoms with E-state index in [0.717, 1.165) is 77.0 Å². The predicted octanol–water partition coefficient (Wildman–Crippen LogP) is 9.96. The molecule has 0 atom stereocenters. The SMILES string of the molecule is c1ccc(-c2nc(-n3c4ccccc4c4c5oc6c(-c7ccccc7)cccc6c5ccc43)nc3ccccc23)cc1. The Hall–Kier alpha value is -5.74. The van der Waals surface area contributed by atoms with Crippen LogP contribution in [0.25, 0.3) is 83.0 Å². The van der Waals surface area contributed by atoms with E-state index in [4.69, 9.17) is 14.4 Å². The maximum Gasteiger partial charge on any atom is 0.235 e. The molecule has 0 fully saturated rings. The van der Waals surface area contributed by atoms with Gasteiger partial charge in [0.1, 0.15) is 11.2 Å². The summed E-state index contributed by atoms with van der Waals surface area (Å²) in [4.78, 5) is 10.3. The van der Waals surface area contributed by atoms with Crippen molar-refractivity contribution >= 4 is 54.6 Å². The van der Waals surface area contributed by atoms with E-state index in [1.807, 2.05) is 36.4 Å². The van der Waals surface area contributed by atoms with Gasteiger partial charge in [-0.2, -0.15) is 0 Å². The Labute approximate surface area is 241 Å². The minimum absolute atomic E-state index is 0.638. The van der Waals surface area contributed by atoms with Crippen LogP contribution in [0.5, 0.6) is 0 Å². The van der Waals surface area contributed by atoms with Crippen molar-refractivity contribution in [2.24, 2.45) is 0 Å². The van der Waals surface area contributed by atoms with Crippen LogP contribution in [0.2, 0.25) is 0 Å². The van der Waals surface area contributed by atoms with Gasteiger partial charge in [-0.3, -0.25) is 4.57 Å². The molecule has 4 heteroatoms. The maximum atomic E-state index is 6.82. The molecule has 0 radical (unpaired) electrons. The summed E-state index contributed by atoms with van der Waals surface area (Å²) in [6.07, 6.45) is 0. The molecule has 0 bridgehead atoms. The van der Waals surface area contributed by atoms with Gasteiger partial charge in [-0.05, 0) is 29.8 Å². The first-order valence-electron chi connectivity index (χ1n) is 14.1. The molecule has 0 aliphatic carbocycles. The summed E-state index contributed by atoms with van der Waals surface area (Å²) in [6, 6.07) is 48.2. The molecular formula is C38H23N3O. The molecule has 9 aromatic rings. The van der Waals surface area contributed by atoms with Crippen molar-refractivity contribution < 1.29 is 4.42 Å². The number of benzene rings is 6. The van der Waals surface area contributed by atoms with Gasteiger partial charge in [0.05, 0.1) is 27.6 Å². The molecule has 6 aromatic carbocycles. The van der Waals surface area contributed by atoms with E-state index in [2.05, 4.69) is 108 Å². The van der Waals surface area contributed by atoms with Gasteiger partial charge in [0.2, 0.25) is 5.95 Å². The van der Waals surface area contributed by atoms with Crippen LogP contribution in [0.3, 0.4) is 0 Å². The Morgan fingerprint density at radius 3 is 1.95 bits per heavy atom. The van der Waals surface area contributed by atoms with Crippen LogP contribution < -0.4 is 0 Å². The van der Waals surface area contributed by atoms with Crippen LogP contribution in [-0.4, -0.2) is 14.5 Å². The van der Waals surface area contributed by atoms with Gasteiger partial charge in [0, 0.05) is 32.7 Å². The number of nitrogens with zero attached hydrogens (tertiary/aromatic N) is 3. The van der Waals surface area contributed by atoms with E-state index in [0.29, 0.717) is 5.95 Å². The molecule has 42 heavy (non-hydrogen) atoms. The second-order valence-electron chi connectivity index (χ2n) is 10.6. The summed E-state index contributed by atoms with van der Waals surface area (Å²) in [5, 5.41) is 5.41. The van der Waals surface area contributed by atoms with Crippen molar-refractivity contribution in [3.05, 3.63) is 140 Å². The molecule has 0 saturated carbocycles. The predicted molar refractivity (Wildman–Crippen MR) is 172 cm³/mol. The fourth-order valence-corrected chi connectivity index (χ4v) is 6.35. The molecule has 196 valence electrons. The van der Waals surface area contributed by atoms with Gasteiger partial charge in [-0.25, -0.2) is 9.97 Å². The lowest BCUT2D eigenvalue weighted by Crippen LogP contribution is -2.03. The number of aromatic nitrogens is 3. The lowest BCUT2D eigenvalue weighted by molar-refractivity contribution is 0.674. The Morgan fingerprint density at radius 2 is 1.12 bits per heavy atom.